The molecule has 0 fully saturated rings. The summed E-state index contributed by atoms with van der Waals surface area (Å²) in [7, 11) is 0. The van der Waals surface area contributed by atoms with Gasteiger partial charge in [-0.2, -0.15) is 0 Å². The third-order valence-corrected chi connectivity index (χ3v) is 3.34. The quantitative estimate of drug-likeness (QED) is 0.905. The molecule has 0 saturated carbocycles. The number of aromatic nitrogens is 1. The number of ether oxygens (including phenoxy) is 1. The number of thiazole rings is 1. The van der Waals surface area contributed by atoms with Crippen LogP contribution < -0.4 is 4.74 Å². The Kier molecular flexibility index (Phi) is 3.76. The van der Waals surface area contributed by atoms with E-state index in [0.29, 0.717) is 6.61 Å². The highest BCUT2D eigenvalue weighted by atomic mass is 32.1. The molecule has 90 valence electrons. The first-order chi connectivity index (χ1) is 8.24. The number of aliphatic hydroxyl groups is 1. The number of aliphatic hydroxyl groups excluding tert-OH is 1. The second-order valence-electron chi connectivity index (χ2n) is 3.62. The van der Waals surface area contributed by atoms with Gasteiger partial charge in [-0.3, -0.25) is 0 Å². The monoisotopic (exact) mass is 249 g/mol. The van der Waals surface area contributed by atoms with Crippen LogP contribution in [0.15, 0.2) is 24.3 Å². The number of hydrogen-bond donors (Lipinski definition) is 1. The van der Waals surface area contributed by atoms with Crippen LogP contribution in [0.1, 0.15) is 16.8 Å². The van der Waals surface area contributed by atoms with E-state index in [0.717, 1.165) is 26.9 Å². The third-order valence-electron chi connectivity index (χ3n) is 2.39. The molecule has 0 aliphatic heterocycles. The van der Waals surface area contributed by atoms with Gasteiger partial charge in [-0.05, 0) is 38.1 Å². The molecule has 0 unspecified atom stereocenters. The molecule has 1 aromatic carbocycles. The summed E-state index contributed by atoms with van der Waals surface area (Å²) in [4.78, 5) is 5.35. The lowest BCUT2D eigenvalue weighted by Crippen LogP contribution is -1.91. The van der Waals surface area contributed by atoms with E-state index in [9.17, 15) is 5.11 Å². The highest BCUT2D eigenvalue weighted by Gasteiger charge is 2.10. The highest BCUT2D eigenvalue weighted by molar-refractivity contribution is 7.12. The fourth-order valence-electron chi connectivity index (χ4n) is 1.68. The van der Waals surface area contributed by atoms with Gasteiger partial charge in [0.25, 0.3) is 0 Å². The topological polar surface area (TPSA) is 42.4 Å². The molecule has 17 heavy (non-hydrogen) atoms. The van der Waals surface area contributed by atoms with E-state index in [-0.39, 0.29) is 6.61 Å². The minimum absolute atomic E-state index is 0.0358. The Hall–Kier alpha value is -1.39. The van der Waals surface area contributed by atoms with E-state index in [4.69, 9.17) is 4.74 Å². The second-order valence-corrected chi connectivity index (χ2v) is 4.91. The van der Waals surface area contributed by atoms with Crippen LogP contribution >= 0.6 is 11.3 Å². The Morgan fingerprint density at radius 3 is 2.59 bits per heavy atom. The summed E-state index contributed by atoms with van der Waals surface area (Å²) in [6.45, 7) is 4.61. The Morgan fingerprint density at radius 2 is 2.00 bits per heavy atom. The molecule has 0 atom stereocenters. The van der Waals surface area contributed by atoms with Crippen LogP contribution in [0.5, 0.6) is 5.75 Å². The predicted molar refractivity (Wildman–Crippen MR) is 69.4 cm³/mol. The maximum atomic E-state index is 9.28. The summed E-state index contributed by atoms with van der Waals surface area (Å²) in [5.74, 6) is 0.855. The van der Waals surface area contributed by atoms with Crippen LogP contribution in [0.4, 0.5) is 0 Å². The summed E-state index contributed by atoms with van der Waals surface area (Å²) < 4.78 is 5.39. The van der Waals surface area contributed by atoms with Crippen molar-refractivity contribution < 1.29 is 9.84 Å². The molecule has 0 bridgehead atoms. The largest absolute Gasteiger partial charge is 0.494 e. The molecule has 1 aromatic heterocycles. The first kappa shape index (κ1) is 12.1. The standard InChI is InChI=1S/C13H15NO2S/c1-3-16-11-6-4-10(5-7-11)13-12(8-15)17-9(2)14-13/h4-7,15H,3,8H2,1-2H3. The van der Waals surface area contributed by atoms with Crippen molar-refractivity contribution in [3.63, 3.8) is 0 Å². The molecule has 0 amide bonds. The van der Waals surface area contributed by atoms with Crippen molar-refractivity contribution in [2.75, 3.05) is 6.61 Å². The minimum Gasteiger partial charge on any atom is -0.494 e. The number of rotatable bonds is 4. The zero-order valence-electron chi connectivity index (χ0n) is 9.93. The predicted octanol–water partition coefficient (Wildman–Crippen LogP) is 3.01. The molecule has 0 aliphatic carbocycles. The Bertz CT molecular complexity index is 491. The molecule has 0 aliphatic rings. The van der Waals surface area contributed by atoms with Crippen LogP contribution in [0.3, 0.4) is 0 Å². The fourth-order valence-corrected chi connectivity index (χ4v) is 2.50. The summed E-state index contributed by atoms with van der Waals surface area (Å²) in [6.07, 6.45) is 0. The van der Waals surface area contributed by atoms with Gasteiger partial charge in [-0.1, -0.05) is 0 Å². The fraction of sp³-hybridized carbons (Fsp3) is 0.308. The minimum atomic E-state index is 0.0358. The molecular weight excluding hydrogens is 234 g/mol. The number of benzene rings is 1. The maximum Gasteiger partial charge on any atom is 0.119 e. The number of hydrogen-bond acceptors (Lipinski definition) is 4. The van der Waals surface area contributed by atoms with E-state index in [1.54, 1.807) is 0 Å². The summed E-state index contributed by atoms with van der Waals surface area (Å²) in [5.41, 5.74) is 1.89. The van der Waals surface area contributed by atoms with Crippen molar-refractivity contribution in [3.05, 3.63) is 34.2 Å². The Balaban J connectivity index is 2.32. The average Bonchev–Trinajstić information content (AvgIpc) is 2.72. The van der Waals surface area contributed by atoms with Crippen molar-refractivity contribution in [1.82, 2.24) is 4.98 Å². The summed E-state index contributed by atoms with van der Waals surface area (Å²) in [6, 6.07) is 7.79. The Morgan fingerprint density at radius 1 is 1.29 bits per heavy atom. The number of aryl methyl sites for hydroxylation is 1. The van der Waals surface area contributed by atoms with Crippen LogP contribution in [0, 0.1) is 6.92 Å². The average molecular weight is 249 g/mol. The molecular formula is C13H15NO2S. The van der Waals surface area contributed by atoms with Crippen molar-refractivity contribution in [3.8, 4) is 17.0 Å². The van der Waals surface area contributed by atoms with Gasteiger partial charge >= 0.3 is 0 Å². The first-order valence-electron chi connectivity index (χ1n) is 5.55. The van der Waals surface area contributed by atoms with Crippen molar-refractivity contribution in [1.29, 1.82) is 0 Å². The Labute approximate surface area is 105 Å². The van der Waals surface area contributed by atoms with Crippen molar-refractivity contribution in [2.45, 2.75) is 20.5 Å². The van der Waals surface area contributed by atoms with Crippen LogP contribution in [0.2, 0.25) is 0 Å². The first-order valence-corrected chi connectivity index (χ1v) is 6.36. The van der Waals surface area contributed by atoms with E-state index in [1.165, 1.54) is 11.3 Å². The smallest absolute Gasteiger partial charge is 0.119 e. The zero-order valence-corrected chi connectivity index (χ0v) is 10.8. The van der Waals surface area contributed by atoms with E-state index >= 15 is 0 Å². The highest BCUT2D eigenvalue weighted by Crippen LogP contribution is 2.29. The van der Waals surface area contributed by atoms with Gasteiger partial charge in [-0.25, -0.2) is 4.98 Å². The molecule has 0 radical (unpaired) electrons. The van der Waals surface area contributed by atoms with Gasteiger partial charge in [0.2, 0.25) is 0 Å². The number of nitrogens with zero attached hydrogens (tertiary/aromatic N) is 1. The van der Waals surface area contributed by atoms with Gasteiger partial charge in [0.1, 0.15) is 5.75 Å². The van der Waals surface area contributed by atoms with Gasteiger partial charge in [0.05, 0.1) is 28.8 Å². The van der Waals surface area contributed by atoms with Crippen molar-refractivity contribution >= 4 is 11.3 Å². The van der Waals surface area contributed by atoms with Crippen LogP contribution in [0.25, 0.3) is 11.3 Å². The molecule has 2 aromatic rings. The molecule has 2 rings (SSSR count). The second kappa shape index (κ2) is 5.29. The van der Waals surface area contributed by atoms with Crippen LogP contribution in [-0.2, 0) is 6.61 Å². The molecule has 3 nitrogen and oxygen atoms in total. The third kappa shape index (κ3) is 2.65. The van der Waals surface area contributed by atoms with Gasteiger partial charge in [0.15, 0.2) is 0 Å². The van der Waals surface area contributed by atoms with E-state index in [2.05, 4.69) is 4.98 Å². The van der Waals surface area contributed by atoms with Crippen LogP contribution in [-0.4, -0.2) is 16.7 Å². The molecule has 0 spiro atoms. The SMILES string of the molecule is CCOc1ccc(-c2nc(C)sc2CO)cc1. The lowest BCUT2D eigenvalue weighted by atomic mass is 10.1. The molecule has 4 heteroatoms. The normalized spacial score (nSPS) is 10.5. The molecule has 1 heterocycles. The maximum absolute atomic E-state index is 9.28. The van der Waals surface area contributed by atoms with Gasteiger partial charge in [-0.15, -0.1) is 11.3 Å². The van der Waals surface area contributed by atoms with Crippen molar-refractivity contribution in [2.24, 2.45) is 0 Å². The molecule has 1 N–H and O–H groups in total. The molecule has 0 saturated heterocycles. The summed E-state index contributed by atoms with van der Waals surface area (Å²) in [5, 5.41) is 10.2. The van der Waals surface area contributed by atoms with Gasteiger partial charge < -0.3 is 9.84 Å². The van der Waals surface area contributed by atoms with E-state index in [1.807, 2.05) is 38.1 Å². The lowest BCUT2D eigenvalue weighted by Gasteiger charge is -2.04. The van der Waals surface area contributed by atoms with Gasteiger partial charge in [0, 0.05) is 5.56 Å². The summed E-state index contributed by atoms with van der Waals surface area (Å²) >= 11 is 1.53. The lowest BCUT2D eigenvalue weighted by molar-refractivity contribution is 0.286. The van der Waals surface area contributed by atoms with E-state index < -0.39 is 0 Å². The zero-order chi connectivity index (χ0) is 12.3.